The van der Waals surface area contributed by atoms with Gasteiger partial charge in [-0.05, 0) is 44.2 Å². The van der Waals surface area contributed by atoms with Crippen molar-refractivity contribution >= 4 is 6.29 Å². The number of carbonyl (C=O) groups excluding carboxylic acids is 1. The Kier molecular flexibility index (Phi) is 3.82. The molecule has 92 valence electrons. The summed E-state index contributed by atoms with van der Waals surface area (Å²) in [5.41, 5.74) is 1.76. The van der Waals surface area contributed by atoms with Crippen LogP contribution in [0.5, 0.6) is 5.75 Å². The Balaban J connectivity index is 2.09. The van der Waals surface area contributed by atoms with Gasteiger partial charge in [-0.1, -0.05) is 25.0 Å². The van der Waals surface area contributed by atoms with Crippen molar-refractivity contribution in [2.75, 3.05) is 0 Å². The number of benzene rings is 1. The minimum atomic E-state index is 0.278. The molecule has 2 nitrogen and oxygen atoms in total. The summed E-state index contributed by atoms with van der Waals surface area (Å²) in [6, 6.07) is 5.79. The molecule has 1 aromatic rings. The number of aldehydes is 1. The smallest absolute Gasteiger partial charge is 0.153 e. The molecule has 2 heteroatoms. The lowest BCUT2D eigenvalue weighted by Gasteiger charge is -2.27. The van der Waals surface area contributed by atoms with Crippen LogP contribution in [-0.4, -0.2) is 12.4 Å². The Labute approximate surface area is 103 Å². The summed E-state index contributed by atoms with van der Waals surface area (Å²) in [6.07, 6.45) is 5.90. The van der Waals surface area contributed by atoms with Crippen LogP contribution >= 0.6 is 0 Å². The van der Waals surface area contributed by atoms with Crippen molar-refractivity contribution in [3.63, 3.8) is 0 Å². The maximum atomic E-state index is 11.0. The standard InChI is InChI=1S/C15H20O2/c1-11-4-3-5-14(9-11)17-15-7-6-12(2)8-13(15)10-16/h6-8,10-11,14H,3-5,9H2,1-2H3. The third kappa shape index (κ3) is 3.09. The number of ether oxygens (including phenoxy) is 1. The number of hydrogen-bond acceptors (Lipinski definition) is 2. The molecule has 0 aromatic heterocycles. The summed E-state index contributed by atoms with van der Waals surface area (Å²) in [5.74, 6) is 1.48. The highest BCUT2D eigenvalue weighted by molar-refractivity contribution is 5.79. The zero-order valence-electron chi connectivity index (χ0n) is 10.6. The minimum absolute atomic E-state index is 0.278. The molecule has 1 fully saturated rings. The molecular formula is C15H20O2. The molecule has 17 heavy (non-hydrogen) atoms. The van der Waals surface area contributed by atoms with Crippen molar-refractivity contribution < 1.29 is 9.53 Å². The van der Waals surface area contributed by atoms with Gasteiger partial charge in [0.1, 0.15) is 5.75 Å². The van der Waals surface area contributed by atoms with E-state index in [0.717, 1.165) is 36.4 Å². The summed E-state index contributed by atoms with van der Waals surface area (Å²) in [6.45, 7) is 4.25. The van der Waals surface area contributed by atoms with Gasteiger partial charge >= 0.3 is 0 Å². The molecule has 0 saturated heterocycles. The van der Waals surface area contributed by atoms with Crippen molar-refractivity contribution in [2.45, 2.75) is 45.6 Å². The highest BCUT2D eigenvalue weighted by atomic mass is 16.5. The van der Waals surface area contributed by atoms with E-state index in [9.17, 15) is 4.79 Å². The van der Waals surface area contributed by atoms with E-state index in [1.165, 1.54) is 12.8 Å². The van der Waals surface area contributed by atoms with Crippen LogP contribution in [0, 0.1) is 12.8 Å². The van der Waals surface area contributed by atoms with Crippen molar-refractivity contribution in [1.29, 1.82) is 0 Å². The first-order valence-corrected chi connectivity index (χ1v) is 6.41. The van der Waals surface area contributed by atoms with E-state index in [1.54, 1.807) is 0 Å². The van der Waals surface area contributed by atoms with Gasteiger partial charge in [-0.25, -0.2) is 0 Å². The minimum Gasteiger partial charge on any atom is -0.490 e. The average Bonchev–Trinajstić information content (AvgIpc) is 2.31. The quantitative estimate of drug-likeness (QED) is 0.742. The van der Waals surface area contributed by atoms with Crippen LogP contribution < -0.4 is 4.74 Å². The van der Waals surface area contributed by atoms with Gasteiger partial charge in [-0.3, -0.25) is 4.79 Å². The Morgan fingerprint density at radius 2 is 2.18 bits per heavy atom. The Bertz CT molecular complexity index is 398. The maximum absolute atomic E-state index is 11.0. The summed E-state index contributed by atoms with van der Waals surface area (Å²) >= 11 is 0. The first kappa shape index (κ1) is 12.2. The van der Waals surface area contributed by atoms with Gasteiger partial charge in [0.2, 0.25) is 0 Å². The molecule has 0 radical (unpaired) electrons. The molecule has 0 spiro atoms. The van der Waals surface area contributed by atoms with Gasteiger partial charge in [-0.15, -0.1) is 0 Å². The van der Waals surface area contributed by atoms with Crippen LogP contribution in [0.15, 0.2) is 18.2 Å². The zero-order chi connectivity index (χ0) is 12.3. The van der Waals surface area contributed by atoms with Gasteiger partial charge in [0.25, 0.3) is 0 Å². The number of carbonyl (C=O) groups is 1. The van der Waals surface area contributed by atoms with E-state index in [1.807, 2.05) is 25.1 Å². The number of aryl methyl sites for hydroxylation is 1. The largest absolute Gasteiger partial charge is 0.490 e. The van der Waals surface area contributed by atoms with Gasteiger partial charge < -0.3 is 4.74 Å². The average molecular weight is 232 g/mol. The molecule has 0 N–H and O–H groups in total. The highest BCUT2D eigenvalue weighted by Gasteiger charge is 2.21. The summed E-state index contributed by atoms with van der Waals surface area (Å²) in [5, 5.41) is 0. The topological polar surface area (TPSA) is 26.3 Å². The molecule has 0 heterocycles. The van der Waals surface area contributed by atoms with E-state index in [4.69, 9.17) is 4.74 Å². The van der Waals surface area contributed by atoms with Crippen LogP contribution in [0.4, 0.5) is 0 Å². The molecule has 1 aliphatic rings. The monoisotopic (exact) mass is 232 g/mol. The van der Waals surface area contributed by atoms with Crippen LogP contribution in [0.2, 0.25) is 0 Å². The van der Waals surface area contributed by atoms with Crippen LogP contribution in [0.1, 0.15) is 48.5 Å². The second kappa shape index (κ2) is 5.35. The summed E-state index contributed by atoms with van der Waals surface area (Å²) < 4.78 is 5.97. The normalized spacial score (nSPS) is 24.4. The predicted molar refractivity (Wildman–Crippen MR) is 68.6 cm³/mol. The first-order chi connectivity index (χ1) is 8.19. The van der Waals surface area contributed by atoms with Crippen LogP contribution in [0.3, 0.4) is 0 Å². The van der Waals surface area contributed by atoms with E-state index in [2.05, 4.69) is 6.92 Å². The summed E-state index contributed by atoms with van der Waals surface area (Å²) in [4.78, 5) is 11.0. The second-order valence-corrected chi connectivity index (χ2v) is 5.17. The third-order valence-electron chi connectivity index (χ3n) is 3.47. The SMILES string of the molecule is Cc1ccc(OC2CCCC(C)C2)c(C=O)c1. The summed E-state index contributed by atoms with van der Waals surface area (Å²) in [7, 11) is 0. The molecule has 0 aliphatic heterocycles. The van der Waals surface area contributed by atoms with Crippen LogP contribution in [-0.2, 0) is 0 Å². The lowest BCUT2D eigenvalue weighted by Crippen LogP contribution is -2.24. The Hall–Kier alpha value is -1.31. The number of hydrogen-bond donors (Lipinski definition) is 0. The molecule has 2 atom stereocenters. The molecule has 1 saturated carbocycles. The fourth-order valence-electron chi connectivity index (χ4n) is 2.53. The van der Waals surface area contributed by atoms with Crippen molar-refractivity contribution in [2.24, 2.45) is 5.92 Å². The predicted octanol–water partition coefficient (Wildman–Crippen LogP) is 3.77. The lowest BCUT2D eigenvalue weighted by molar-refractivity contribution is 0.109. The molecule has 1 aliphatic carbocycles. The van der Waals surface area contributed by atoms with E-state index >= 15 is 0 Å². The lowest BCUT2D eigenvalue weighted by atomic mass is 9.88. The Morgan fingerprint density at radius 3 is 2.88 bits per heavy atom. The Morgan fingerprint density at radius 1 is 1.35 bits per heavy atom. The van der Waals surface area contributed by atoms with Gasteiger partial charge in [0.15, 0.2) is 6.29 Å². The molecule has 1 aromatic carbocycles. The molecular weight excluding hydrogens is 212 g/mol. The van der Waals surface area contributed by atoms with E-state index in [-0.39, 0.29) is 6.10 Å². The molecule has 0 amide bonds. The first-order valence-electron chi connectivity index (χ1n) is 6.41. The fourth-order valence-corrected chi connectivity index (χ4v) is 2.53. The highest BCUT2D eigenvalue weighted by Crippen LogP contribution is 2.28. The van der Waals surface area contributed by atoms with Crippen molar-refractivity contribution in [3.05, 3.63) is 29.3 Å². The maximum Gasteiger partial charge on any atom is 0.153 e. The van der Waals surface area contributed by atoms with Gasteiger partial charge in [0, 0.05) is 0 Å². The molecule has 2 unspecified atom stereocenters. The van der Waals surface area contributed by atoms with E-state index in [0.29, 0.717) is 5.56 Å². The third-order valence-corrected chi connectivity index (χ3v) is 3.47. The second-order valence-electron chi connectivity index (χ2n) is 5.17. The fraction of sp³-hybridized carbons (Fsp3) is 0.533. The molecule has 0 bridgehead atoms. The zero-order valence-corrected chi connectivity index (χ0v) is 10.6. The number of rotatable bonds is 3. The van der Waals surface area contributed by atoms with Crippen LogP contribution in [0.25, 0.3) is 0 Å². The van der Waals surface area contributed by atoms with Gasteiger partial charge in [-0.2, -0.15) is 0 Å². The van der Waals surface area contributed by atoms with Crippen molar-refractivity contribution in [3.8, 4) is 5.75 Å². The van der Waals surface area contributed by atoms with Gasteiger partial charge in [0.05, 0.1) is 11.7 Å². The molecule has 2 rings (SSSR count). The van der Waals surface area contributed by atoms with Crippen molar-refractivity contribution in [1.82, 2.24) is 0 Å². The van der Waals surface area contributed by atoms with E-state index < -0.39 is 0 Å².